The van der Waals surface area contributed by atoms with Gasteiger partial charge in [0.2, 0.25) is 0 Å². The van der Waals surface area contributed by atoms with E-state index in [-0.39, 0.29) is 17.0 Å². The Morgan fingerprint density at radius 3 is 1.45 bits per heavy atom. The van der Waals surface area contributed by atoms with Gasteiger partial charge in [0, 0.05) is 23.3 Å². The van der Waals surface area contributed by atoms with Gasteiger partial charge in [0.1, 0.15) is 22.5 Å². The first-order chi connectivity index (χ1) is 25.3. The molecule has 0 saturated carbocycles. The third kappa shape index (κ3) is 8.57. The molecule has 0 spiro atoms. The summed E-state index contributed by atoms with van der Waals surface area (Å²) in [5.74, 6) is 1.64. The van der Waals surface area contributed by atoms with Crippen LogP contribution in [0.25, 0.3) is 44.4 Å². The number of rotatable bonds is 12. The first kappa shape index (κ1) is 37.6. The number of fused-ring (bicyclic) bond motifs is 1. The molecule has 0 aliphatic heterocycles. The molecular formula is C45H45BrN4O2S+2. The summed E-state index contributed by atoms with van der Waals surface area (Å²) in [7, 11) is 10.1. The number of methoxy groups -OCH3 is 2. The number of pyridine rings is 1. The second-order valence-electron chi connectivity index (χ2n) is 14.0. The lowest BCUT2D eigenvalue weighted by Gasteiger charge is -2.22. The zero-order chi connectivity index (χ0) is 36.1. The fraction of sp³-hybridized carbons (Fsp3) is 0.178. The van der Waals surface area contributed by atoms with Gasteiger partial charge in [-0.15, -0.1) is 17.0 Å². The summed E-state index contributed by atoms with van der Waals surface area (Å²) in [6, 6.07) is 44.8. The van der Waals surface area contributed by atoms with Gasteiger partial charge in [-0.2, -0.15) is 8.75 Å². The molecule has 2 aromatic heterocycles. The lowest BCUT2D eigenvalue weighted by Crippen LogP contribution is -2.39. The molecule has 0 bridgehead atoms. The third-order valence-corrected chi connectivity index (χ3v) is 9.95. The van der Waals surface area contributed by atoms with Crippen molar-refractivity contribution in [2.75, 3.05) is 41.9 Å². The summed E-state index contributed by atoms with van der Waals surface area (Å²) in [6.45, 7) is 2.14. The van der Waals surface area contributed by atoms with Crippen LogP contribution in [0, 0.1) is 0 Å². The molecule has 0 unspecified atom stereocenters. The zero-order valence-corrected chi connectivity index (χ0v) is 33.4. The molecule has 0 aliphatic carbocycles. The molecule has 268 valence electrons. The summed E-state index contributed by atoms with van der Waals surface area (Å²) in [6.07, 6.45) is 5.48. The monoisotopic (exact) mass is 784 g/mol. The predicted octanol–water partition coefficient (Wildman–Crippen LogP) is 10.0. The molecule has 53 heavy (non-hydrogen) atoms. The lowest BCUT2D eigenvalue weighted by atomic mass is 9.85. The van der Waals surface area contributed by atoms with Gasteiger partial charge in [-0.25, -0.2) is 4.57 Å². The van der Waals surface area contributed by atoms with Gasteiger partial charge in [0.05, 0.1) is 60.1 Å². The molecule has 0 N–H and O–H groups in total. The molecule has 0 aliphatic rings. The molecule has 6 nitrogen and oxygen atoms in total. The number of nitrogens with zero attached hydrogens (tertiary/aromatic N) is 4. The van der Waals surface area contributed by atoms with Crippen molar-refractivity contribution >= 4 is 50.9 Å². The molecule has 8 heteroatoms. The number of aryl methyl sites for hydroxylation is 1. The number of halogens is 1. The molecular weight excluding hydrogens is 740 g/mol. The third-order valence-electron chi connectivity index (χ3n) is 9.42. The summed E-state index contributed by atoms with van der Waals surface area (Å²) < 4.78 is 23.8. The van der Waals surface area contributed by atoms with E-state index in [4.69, 9.17) is 18.2 Å². The van der Waals surface area contributed by atoms with Crippen LogP contribution in [-0.2, 0) is 6.54 Å². The van der Waals surface area contributed by atoms with Crippen LogP contribution in [0.5, 0.6) is 11.5 Å². The van der Waals surface area contributed by atoms with Crippen LogP contribution in [0.15, 0.2) is 140 Å². The largest absolute Gasteiger partial charge is 0.497 e. The van der Waals surface area contributed by atoms with E-state index in [9.17, 15) is 0 Å². The van der Waals surface area contributed by atoms with E-state index in [1.807, 2.05) is 24.3 Å². The summed E-state index contributed by atoms with van der Waals surface area (Å²) in [4.78, 5) is 0. The van der Waals surface area contributed by atoms with Crippen molar-refractivity contribution in [3.8, 4) is 33.8 Å². The van der Waals surface area contributed by atoms with Gasteiger partial charge in [-0.3, -0.25) is 0 Å². The minimum Gasteiger partial charge on any atom is -0.497 e. The van der Waals surface area contributed by atoms with E-state index in [2.05, 4.69) is 141 Å². The molecule has 7 rings (SSSR count). The summed E-state index contributed by atoms with van der Waals surface area (Å²) in [5.41, 5.74) is 12.9. The summed E-state index contributed by atoms with van der Waals surface area (Å²) in [5, 5.41) is 0. The van der Waals surface area contributed by atoms with E-state index in [1.54, 1.807) is 14.2 Å². The van der Waals surface area contributed by atoms with Crippen LogP contribution in [0.1, 0.15) is 28.7 Å². The van der Waals surface area contributed by atoms with Gasteiger partial charge in [0.25, 0.3) is 0 Å². The van der Waals surface area contributed by atoms with Crippen molar-refractivity contribution in [1.82, 2.24) is 8.75 Å². The Morgan fingerprint density at radius 2 is 1.00 bits per heavy atom. The van der Waals surface area contributed by atoms with Gasteiger partial charge >= 0.3 is 0 Å². The Hall–Kier alpha value is -5.15. The number of hydrogen-bond acceptors (Lipinski definition) is 5. The highest BCUT2D eigenvalue weighted by atomic mass is 79.9. The van der Waals surface area contributed by atoms with Gasteiger partial charge < -0.3 is 14.0 Å². The zero-order valence-electron chi connectivity index (χ0n) is 30.8. The van der Waals surface area contributed by atoms with Crippen molar-refractivity contribution in [1.29, 1.82) is 0 Å². The standard InChI is InChI=1S/C45H44N4O2S.BrH/c1-49(2,3)31-9-28-48-29-26-33(27-30-48)41-25-24-40(44-45(41)47-52-46-44)32-12-14-35(15-13-32)43(37-18-22-39(51-5)23-19-37)42(34-10-7-6-8-11-34)36-16-20-38(50-4)21-17-36;/h6-8,10-27,29-30H,9,28,31H2,1-5H3;1H/q+2;/b43-42-;. The normalized spacial score (nSPS) is 11.9. The number of hydrogen-bond donors (Lipinski definition) is 0. The fourth-order valence-electron chi connectivity index (χ4n) is 6.69. The molecule has 0 amide bonds. The van der Waals surface area contributed by atoms with Crippen LogP contribution >= 0.6 is 28.7 Å². The van der Waals surface area contributed by atoms with E-state index in [0.717, 1.165) is 102 Å². The SMILES string of the molecule is Br.COc1ccc(/C(=C(\c2ccc(OC)cc2)c2ccc(-c3ccc(-c4cc[n+](CCC[N+](C)(C)C)cc4)c4nsnc34)cc2)c2ccccc2)cc1. The van der Waals surface area contributed by atoms with Crippen LogP contribution in [0.4, 0.5) is 0 Å². The van der Waals surface area contributed by atoms with Crippen LogP contribution in [0.3, 0.4) is 0 Å². The second kappa shape index (κ2) is 16.7. The molecule has 0 radical (unpaired) electrons. The number of ether oxygens (including phenoxy) is 2. The number of quaternary nitrogens is 1. The topological polar surface area (TPSA) is 48.1 Å². The van der Waals surface area contributed by atoms with E-state index in [0.29, 0.717) is 0 Å². The van der Waals surface area contributed by atoms with Gasteiger partial charge in [-0.05, 0) is 68.8 Å². The Morgan fingerprint density at radius 1 is 0.566 bits per heavy atom. The Balaban J connectivity index is 0.00000481. The lowest BCUT2D eigenvalue weighted by molar-refractivity contribution is -0.873. The maximum atomic E-state index is 5.53. The van der Waals surface area contributed by atoms with E-state index in [1.165, 1.54) is 11.7 Å². The van der Waals surface area contributed by atoms with E-state index >= 15 is 0 Å². The highest BCUT2D eigenvalue weighted by molar-refractivity contribution is 8.93. The second-order valence-corrected chi connectivity index (χ2v) is 14.5. The Kier molecular flexibility index (Phi) is 11.8. The highest BCUT2D eigenvalue weighted by Gasteiger charge is 2.19. The number of aromatic nitrogens is 3. The molecule has 2 heterocycles. The van der Waals surface area contributed by atoms with Crippen molar-refractivity contribution in [3.05, 3.63) is 162 Å². The number of benzene rings is 5. The first-order valence-corrected chi connectivity index (χ1v) is 18.3. The highest BCUT2D eigenvalue weighted by Crippen LogP contribution is 2.40. The quantitative estimate of drug-likeness (QED) is 0.0704. The molecule has 0 fully saturated rings. The molecule has 0 saturated heterocycles. The minimum atomic E-state index is 0. The van der Waals surface area contributed by atoms with Crippen molar-refractivity contribution in [2.45, 2.75) is 13.0 Å². The summed E-state index contributed by atoms with van der Waals surface area (Å²) >= 11 is 1.26. The molecule has 5 aromatic carbocycles. The Labute approximate surface area is 327 Å². The maximum absolute atomic E-state index is 5.53. The average Bonchev–Trinajstić information content (AvgIpc) is 3.68. The fourth-order valence-corrected chi connectivity index (χ4v) is 7.27. The van der Waals surface area contributed by atoms with Crippen LogP contribution in [0.2, 0.25) is 0 Å². The van der Waals surface area contributed by atoms with Crippen molar-refractivity contribution in [2.24, 2.45) is 0 Å². The predicted molar refractivity (Wildman–Crippen MR) is 224 cm³/mol. The molecule has 7 aromatic rings. The van der Waals surface area contributed by atoms with Crippen molar-refractivity contribution in [3.63, 3.8) is 0 Å². The van der Waals surface area contributed by atoms with E-state index < -0.39 is 0 Å². The Bertz CT molecular complexity index is 2300. The van der Waals surface area contributed by atoms with Crippen molar-refractivity contribution < 1.29 is 18.5 Å². The smallest absolute Gasteiger partial charge is 0.169 e. The molecule has 0 atom stereocenters. The van der Waals surface area contributed by atoms with Gasteiger partial charge in [0.15, 0.2) is 18.9 Å². The van der Waals surface area contributed by atoms with Gasteiger partial charge in [-0.1, -0.05) is 91.0 Å². The maximum Gasteiger partial charge on any atom is 0.169 e. The van der Waals surface area contributed by atoms with Crippen LogP contribution in [-0.4, -0.2) is 55.1 Å². The first-order valence-electron chi connectivity index (χ1n) is 17.6. The minimum absolute atomic E-state index is 0. The van der Waals surface area contributed by atoms with Crippen LogP contribution < -0.4 is 14.0 Å². The average molecular weight is 786 g/mol.